The van der Waals surface area contributed by atoms with E-state index in [0.717, 1.165) is 50.8 Å². The van der Waals surface area contributed by atoms with E-state index >= 15 is 0 Å². The molecule has 1 saturated heterocycles. The molecule has 0 bridgehead atoms. The van der Waals surface area contributed by atoms with Crippen LogP contribution in [0.4, 0.5) is 0 Å². The first-order valence-electron chi connectivity index (χ1n) is 9.65. The first-order chi connectivity index (χ1) is 12.5. The second kappa shape index (κ2) is 12.3. The molecule has 0 spiro atoms. The smallest absolute Gasteiger partial charge is 0.194 e. The minimum atomic E-state index is 0. The topological polar surface area (TPSA) is 60.3 Å². The first-order valence-corrected chi connectivity index (χ1v) is 9.65. The molecule has 0 aliphatic carbocycles. The van der Waals surface area contributed by atoms with Gasteiger partial charge < -0.3 is 20.1 Å². The number of phenols is 1. The Morgan fingerprint density at radius 2 is 1.96 bits per heavy atom. The summed E-state index contributed by atoms with van der Waals surface area (Å²) in [5.41, 5.74) is 0.866. The zero-order valence-corrected chi connectivity index (χ0v) is 19.4. The number of ether oxygens (including phenoxy) is 1. The molecule has 2 N–H and O–H groups in total. The van der Waals surface area contributed by atoms with Gasteiger partial charge in [-0.2, -0.15) is 0 Å². The van der Waals surface area contributed by atoms with Gasteiger partial charge in [-0.3, -0.25) is 9.89 Å². The van der Waals surface area contributed by atoms with E-state index in [-0.39, 0.29) is 29.7 Å². The summed E-state index contributed by atoms with van der Waals surface area (Å²) in [7, 11) is 1.57. The third-order valence-corrected chi connectivity index (χ3v) is 4.58. The molecular formula is C20H35IN4O2. The standard InChI is InChI=1S/C20H34N4O2.HI/c1-5-21-20(24-13-11-23(12-14-24)15-16(2)3)22-10-9-17-7-6-8-18(26-4)19(17)25;/h6-8,16,25H,5,9-15H2,1-4H3,(H,21,22);1H. The van der Waals surface area contributed by atoms with Crippen molar-refractivity contribution in [1.82, 2.24) is 15.1 Å². The highest BCUT2D eigenvalue weighted by Gasteiger charge is 2.19. The Kier molecular flexibility index (Phi) is 10.8. The predicted octanol–water partition coefficient (Wildman–Crippen LogP) is 2.80. The van der Waals surface area contributed by atoms with Gasteiger partial charge in [-0.25, -0.2) is 0 Å². The molecule has 0 radical (unpaired) electrons. The van der Waals surface area contributed by atoms with Crippen LogP contribution in [0.2, 0.25) is 0 Å². The van der Waals surface area contributed by atoms with Crippen molar-refractivity contribution in [3.05, 3.63) is 23.8 Å². The number of hydrogen-bond donors (Lipinski definition) is 2. The van der Waals surface area contributed by atoms with E-state index in [9.17, 15) is 5.11 Å². The average Bonchev–Trinajstić information content (AvgIpc) is 2.62. The normalized spacial score (nSPS) is 15.6. The van der Waals surface area contributed by atoms with Crippen molar-refractivity contribution in [1.29, 1.82) is 0 Å². The van der Waals surface area contributed by atoms with Crippen molar-refractivity contribution in [2.75, 3.05) is 52.9 Å². The number of phenolic OH excluding ortho intramolecular Hbond substituents is 1. The molecule has 0 aromatic heterocycles. The highest BCUT2D eigenvalue weighted by Crippen LogP contribution is 2.29. The monoisotopic (exact) mass is 490 g/mol. The van der Waals surface area contributed by atoms with Crippen LogP contribution in [0.15, 0.2) is 23.2 Å². The zero-order chi connectivity index (χ0) is 18.9. The SMILES string of the molecule is CCNC(=NCCc1cccc(OC)c1O)N1CCN(CC(C)C)CC1.I. The van der Waals surface area contributed by atoms with Gasteiger partial charge in [0.05, 0.1) is 7.11 Å². The summed E-state index contributed by atoms with van der Waals surface area (Å²) >= 11 is 0. The maximum atomic E-state index is 10.2. The van der Waals surface area contributed by atoms with Crippen LogP contribution in [0, 0.1) is 5.92 Å². The predicted molar refractivity (Wildman–Crippen MR) is 123 cm³/mol. The molecule has 0 unspecified atom stereocenters. The van der Waals surface area contributed by atoms with Crippen molar-refractivity contribution in [2.45, 2.75) is 27.2 Å². The highest BCUT2D eigenvalue weighted by atomic mass is 127. The van der Waals surface area contributed by atoms with E-state index in [1.165, 1.54) is 0 Å². The molecule has 1 aliphatic rings. The van der Waals surface area contributed by atoms with Gasteiger partial charge in [-0.1, -0.05) is 26.0 Å². The van der Waals surface area contributed by atoms with Crippen LogP contribution >= 0.6 is 24.0 Å². The molecule has 7 heteroatoms. The van der Waals surface area contributed by atoms with E-state index in [1.54, 1.807) is 13.2 Å². The Hall–Kier alpha value is -1.22. The number of para-hydroxylation sites is 1. The molecule has 0 saturated carbocycles. The summed E-state index contributed by atoms with van der Waals surface area (Å²) < 4.78 is 5.17. The molecule has 1 heterocycles. The number of aromatic hydroxyl groups is 1. The van der Waals surface area contributed by atoms with E-state index in [4.69, 9.17) is 9.73 Å². The fourth-order valence-corrected chi connectivity index (χ4v) is 3.30. The second-order valence-corrected chi connectivity index (χ2v) is 7.14. The van der Waals surface area contributed by atoms with Crippen LogP contribution in [0.25, 0.3) is 0 Å². The number of aliphatic imine (C=N–C) groups is 1. The number of rotatable bonds is 7. The van der Waals surface area contributed by atoms with Crippen molar-refractivity contribution in [3.63, 3.8) is 0 Å². The van der Waals surface area contributed by atoms with E-state index in [0.29, 0.717) is 24.6 Å². The minimum absolute atomic E-state index is 0. The van der Waals surface area contributed by atoms with Gasteiger partial charge in [0.15, 0.2) is 17.5 Å². The van der Waals surface area contributed by atoms with Crippen LogP contribution in [-0.4, -0.2) is 73.8 Å². The Balaban J connectivity index is 0.00000364. The molecule has 1 aromatic rings. The maximum absolute atomic E-state index is 10.2. The Morgan fingerprint density at radius 3 is 2.56 bits per heavy atom. The van der Waals surface area contributed by atoms with Crippen LogP contribution in [0.1, 0.15) is 26.3 Å². The fraction of sp³-hybridized carbons (Fsp3) is 0.650. The summed E-state index contributed by atoms with van der Waals surface area (Å²) in [6.45, 7) is 13.5. The number of nitrogens with zero attached hydrogens (tertiary/aromatic N) is 3. The Bertz CT molecular complexity index is 587. The lowest BCUT2D eigenvalue weighted by molar-refractivity contribution is 0.164. The van der Waals surface area contributed by atoms with Crippen LogP contribution < -0.4 is 10.1 Å². The minimum Gasteiger partial charge on any atom is -0.504 e. The molecule has 6 nitrogen and oxygen atoms in total. The van der Waals surface area contributed by atoms with E-state index < -0.39 is 0 Å². The number of benzene rings is 1. The van der Waals surface area contributed by atoms with Crippen LogP contribution in [0.5, 0.6) is 11.5 Å². The number of hydrogen-bond acceptors (Lipinski definition) is 4. The maximum Gasteiger partial charge on any atom is 0.194 e. The molecule has 2 rings (SSSR count). The molecular weight excluding hydrogens is 455 g/mol. The molecule has 154 valence electrons. The summed E-state index contributed by atoms with van der Waals surface area (Å²) in [5.74, 6) is 2.41. The average molecular weight is 490 g/mol. The Labute approximate surface area is 181 Å². The van der Waals surface area contributed by atoms with Crippen LogP contribution in [-0.2, 0) is 6.42 Å². The first kappa shape index (κ1) is 23.8. The van der Waals surface area contributed by atoms with E-state index in [1.807, 2.05) is 12.1 Å². The van der Waals surface area contributed by atoms with Gasteiger partial charge >= 0.3 is 0 Å². The van der Waals surface area contributed by atoms with E-state index in [2.05, 4.69) is 35.9 Å². The summed E-state index contributed by atoms with van der Waals surface area (Å²) in [6, 6.07) is 5.59. The summed E-state index contributed by atoms with van der Waals surface area (Å²) in [4.78, 5) is 9.64. The third-order valence-electron chi connectivity index (χ3n) is 4.58. The number of piperazine rings is 1. The second-order valence-electron chi connectivity index (χ2n) is 7.14. The molecule has 1 aliphatic heterocycles. The fourth-order valence-electron chi connectivity index (χ4n) is 3.30. The summed E-state index contributed by atoms with van der Waals surface area (Å²) in [6.07, 6.45) is 0.686. The lowest BCUT2D eigenvalue weighted by Crippen LogP contribution is -2.53. The molecule has 27 heavy (non-hydrogen) atoms. The largest absolute Gasteiger partial charge is 0.504 e. The molecule has 0 amide bonds. The zero-order valence-electron chi connectivity index (χ0n) is 17.1. The number of methoxy groups -OCH3 is 1. The molecule has 1 fully saturated rings. The third kappa shape index (κ3) is 7.37. The van der Waals surface area contributed by atoms with Gasteiger partial charge in [0, 0.05) is 45.8 Å². The van der Waals surface area contributed by atoms with Gasteiger partial charge in [-0.15, -0.1) is 24.0 Å². The Morgan fingerprint density at radius 1 is 1.26 bits per heavy atom. The van der Waals surface area contributed by atoms with Gasteiger partial charge in [0.25, 0.3) is 0 Å². The van der Waals surface area contributed by atoms with Crippen molar-refractivity contribution >= 4 is 29.9 Å². The molecule has 1 aromatic carbocycles. The number of guanidine groups is 1. The van der Waals surface area contributed by atoms with Gasteiger partial charge in [0.1, 0.15) is 0 Å². The van der Waals surface area contributed by atoms with Gasteiger partial charge in [0.2, 0.25) is 0 Å². The lowest BCUT2D eigenvalue weighted by Gasteiger charge is -2.37. The van der Waals surface area contributed by atoms with Crippen molar-refractivity contribution in [3.8, 4) is 11.5 Å². The quantitative estimate of drug-likeness (QED) is 0.350. The lowest BCUT2D eigenvalue weighted by atomic mass is 10.1. The number of nitrogens with one attached hydrogen (secondary N) is 1. The van der Waals surface area contributed by atoms with Crippen LogP contribution in [0.3, 0.4) is 0 Å². The highest BCUT2D eigenvalue weighted by molar-refractivity contribution is 14.0. The summed E-state index contributed by atoms with van der Waals surface area (Å²) in [5, 5.41) is 13.6. The number of halogens is 1. The van der Waals surface area contributed by atoms with Crippen molar-refractivity contribution in [2.24, 2.45) is 10.9 Å². The van der Waals surface area contributed by atoms with Crippen molar-refractivity contribution < 1.29 is 9.84 Å². The molecule has 0 atom stereocenters. The van der Waals surface area contributed by atoms with Gasteiger partial charge in [-0.05, 0) is 30.9 Å².